The molecule has 3 aromatic carbocycles. The molecule has 0 radical (unpaired) electrons. The van der Waals surface area contributed by atoms with E-state index in [9.17, 15) is 13.0 Å². The van der Waals surface area contributed by atoms with Gasteiger partial charge in [-0.25, -0.2) is 8.42 Å². The molecule has 0 unspecified atom stereocenters. The van der Waals surface area contributed by atoms with Gasteiger partial charge in [-0.15, -0.1) is 0 Å². The standard InChI is InChI=1S/C28H29O5PS/c1-5-32-34(29,33-6-2)26-25-21-11-7-9-13-23(21)28(4,24-14-10-8-12-22(24)25)27(26)35(30,31)20-17-15-19(3)16-18-20/h7-18,25H,5-6H2,1-4H3. The highest BCUT2D eigenvalue weighted by Gasteiger charge is 2.59. The SMILES string of the molecule is CCOP(=O)(OCC)C1=C(S(=O)(=O)c2ccc(C)cc2)C2(C)c3ccccc3C1c1ccccc12. The maximum absolute atomic E-state index is 14.5. The highest BCUT2D eigenvalue weighted by atomic mass is 32.2. The minimum atomic E-state index is -4.08. The summed E-state index contributed by atoms with van der Waals surface area (Å²) >= 11 is 0. The summed E-state index contributed by atoms with van der Waals surface area (Å²) in [5.74, 6) is -0.552. The van der Waals surface area contributed by atoms with Gasteiger partial charge in [0.25, 0.3) is 0 Å². The van der Waals surface area contributed by atoms with Crippen molar-refractivity contribution in [3.8, 4) is 0 Å². The van der Waals surface area contributed by atoms with Gasteiger partial charge in [-0.05, 0) is 62.1 Å². The maximum atomic E-state index is 14.5. The lowest BCUT2D eigenvalue weighted by Gasteiger charge is -2.50. The molecule has 0 heterocycles. The molecular weight excluding hydrogens is 479 g/mol. The lowest BCUT2D eigenvalue weighted by atomic mass is 9.59. The monoisotopic (exact) mass is 508 g/mol. The van der Waals surface area contributed by atoms with Crippen molar-refractivity contribution in [1.29, 1.82) is 0 Å². The summed E-state index contributed by atoms with van der Waals surface area (Å²) in [6, 6.07) is 22.5. The summed E-state index contributed by atoms with van der Waals surface area (Å²) < 4.78 is 55.1. The molecule has 3 aliphatic carbocycles. The van der Waals surface area contributed by atoms with Crippen molar-refractivity contribution in [2.45, 2.75) is 43.9 Å². The van der Waals surface area contributed by atoms with E-state index in [1.165, 1.54) is 0 Å². The topological polar surface area (TPSA) is 69.7 Å². The van der Waals surface area contributed by atoms with E-state index in [2.05, 4.69) is 0 Å². The van der Waals surface area contributed by atoms with E-state index in [-0.39, 0.29) is 28.3 Å². The van der Waals surface area contributed by atoms with E-state index in [1.54, 1.807) is 38.1 Å². The van der Waals surface area contributed by atoms with Gasteiger partial charge in [0, 0.05) is 5.92 Å². The third-order valence-corrected chi connectivity index (χ3v) is 11.6. The van der Waals surface area contributed by atoms with Crippen molar-refractivity contribution in [1.82, 2.24) is 0 Å². The van der Waals surface area contributed by atoms with Gasteiger partial charge in [0.2, 0.25) is 9.84 Å². The zero-order chi connectivity index (χ0) is 25.0. The van der Waals surface area contributed by atoms with Gasteiger partial charge >= 0.3 is 7.60 Å². The molecule has 0 saturated carbocycles. The number of hydrogen-bond donors (Lipinski definition) is 0. The minimum Gasteiger partial charge on any atom is -0.306 e. The minimum absolute atomic E-state index is 0.112. The fraction of sp³-hybridized carbons (Fsp3) is 0.286. The van der Waals surface area contributed by atoms with E-state index < -0.39 is 28.8 Å². The third-order valence-electron chi connectivity index (χ3n) is 7.07. The summed E-state index contributed by atoms with van der Waals surface area (Å²) in [6.45, 7) is 7.58. The molecule has 7 heteroatoms. The smallest absolute Gasteiger partial charge is 0.306 e. The normalized spacial score (nSPS) is 21.1. The Kier molecular flexibility index (Phi) is 5.92. The van der Waals surface area contributed by atoms with E-state index in [1.807, 2.05) is 62.4 Å². The van der Waals surface area contributed by atoms with Gasteiger partial charge in [0.05, 0.1) is 33.7 Å². The van der Waals surface area contributed by atoms with Crippen molar-refractivity contribution in [3.05, 3.63) is 111 Å². The molecule has 0 spiro atoms. The molecule has 5 nitrogen and oxygen atoms in total. The molecule has 35 heavy (non-hydrogen) atoms. The van der Waals surface area contributed by atoms with Crippen molar-refractivity contribution in [2.24, 2.45) is 0 Å². The fourth-order valence-corrected chi connectivity index (χ4v) is 10.4. The maximum Gasteiger partial charge on any atom is 0.359 e. The Morgan fingerprint density at radius 2 is 1.31 bits per heavy atom. The molecule has 3 aliphatic rings. The van der Waals surface area contributed by atoms with E-state index >= 15 is 0 Å². The molecule has 0 saturated heterocycles. The fourth-order valence-electron chi connectivity index (χ4n) is 5.69. The molecule has 6 rings (SSSR count). The van der Waals surface area contributed by atoms with Crippen LogP contribution < -0.4 is 0 Å². The average Bonchev–Trinajstić information content (AvgIpc) is 2.84. The van der Waals surface area contributed by atoms with Gasteiger partial charge in [0.15, 0.2) is 0 Å². The highest BCUT2D eigenvalue weighted by Crippen LogP contribution is 2.72. The van der Waals surface area contributed by atoms with Crippen LogP contribution in [0.5, 0.6) is 0 Å². The number of allylic oxidation sites excluding steroid dienone is 2. The van der Waals surface area contributed by atoms with Crippen LogP contribution in [0.4, 0.5) is 0 Å². The Balaban J connectivity index is 1.95. The van der Waals surface area contributed by atoms with Crippen LogP contribution >= 0.6 is 7.60 Å². The number of rotatable bonds is 7. The van der Waals surface area contributed by atoms with Crippen LogP contribution in [0.1, 0.15) is 54.5 Å². The second-order valence-electron chi connectivity index (χ2n) is 9.10. The molecule has 0 atom stereocenters. The zero-order valence-electron chi connectivity index (χ0n) is 20.3. The molecule has 2 bridgehead atoms. The van der Waals surface area contributed by atoms with Gasteiger partial charge in [-0.1, -0.05) is 66.2 Å². The van der Waals surface area contributed by atoms with Crippen molar-refractivity contribution < 1.29 is 22.0 Å². The Bertz CT molecular complexity index is 1430. The van der Waals surface area contributed by atoms with E-state index in [0.29, 0.717) is 0 Å². The first-order valence-electron chi connectivity index (χ1n) is 11.8. The lowest BCUT2D eigenvalue weighted by Crippen LogP contribution is -2.43. The van der Waals surface area contributed by atoms with Gasteiger partial charge in [0.1, 0.15) is 0 Å². The molecule has 3 aromatic rings. The number of hydrogen-bond acceptors (Lipinski definition) is 5. The molecule has 0 amide bonds. The Morgan fingerprint density at radius 3 is 1.80 bits per heavy atom. The predicted octanol–water partition coefficient (Wildman–Crippen LogP) is 6.71. The van der Waals surface area contributed by atoms with Gasteiger partial charge in [-0.3, -0.25) is 4.57 Å². The van der Waals surface area contributed by atoms with Gasteiger partial charge in [-0.2, -0.15) is 0 Å². The molecule has 0 aromatic heterocycles. The number of sulfone groups is 1. The largest absolute Gasteiger partial charge is 0.359 e. The Hall–Kier alpha value is -2.50. The number of benzene rings is 3. The predicted molar refractivity (Wildman–Crippen MR) is 137 cm³/mol. The highest BCUT2D eigenvalue weighted by molar-refractivity contribution is 7.95. The summed E-state index contributed by atoms with van der Waals surface area (Å²) in [6.07, 6.45) is 0. The molecule has 0 N–H and O–H groups in total. The molecule has 182 valence electrons. The first-order valence-corrected chi connectivity index (χ1v) is 14.9. The summed E-state index contributed by atoms with van der Waals surface area (Å²) in [5, 5.41) is 0.238. The van der Waals surface area contributed by atoms with Crippen molar-refractivity contribution in [2.75, 3.05) is 13.2 Å². The van der Waals surface area contributed by atoms with E-state index in [4.69, 9.17) is 9.05 Å². The molecule has 0 fully saturated rings. The van der Waals surface area contributed by atoms with Crippen LogP contribution in [-0.4, -0.2) is 21.6 Å². The second-order valence-corrected chi connectivity index (χ2v) is 13.0. The second kappa shape index (κ2) is 8.56. The first-order chi connectivity index (χ1) is 16.7. The van der Waals surface area contributed by atoms with Crippen LogP contribution in [0.25, 0.3) is 0 Å². The average molecular weight is 509 g/mol. The van der Waals surface area contributed by atoms with Crippen LogP contribution in [0.15, 0.2) is 87.9 Å². The zero-order valence-corrected chi connectivity index (χ0v) is 22.0. The first kappa shape index (κ1) is 24.2. The summed E-state index contributed by atoms with van der Waals surface area (Å²) in [5.41, 5.74) is 3.57. The lowest BCUT2D eigenvalue weighted by molar-refractivity contribution is 0.224. The summed E-state index contributed by atoms with van der Waals surface area (Å²) in [4.78, 5) is 0.278. The van der Waals surface area contributed by atoms with Crippen LogP contribution in [0, 0.1) is 6.92 Å². The van der Waals surface area contributed by atoms with Crippen LogP contribution in [0.3, 0.4) is 0 Å². The summed E-state index contributed by atoms with van der Waals surface area (Å²) in [7, 11) is -8.05. The van der Waals surface area contributed by atoms with Crippen molar-refractivity contribution in [3.63, 3.8) is 0 Å². The third kappa shape index (κ3) is 3.42. The molecule has 0 aliphatic heterocycles. The Morgan fingerprint density at radius 1 is 0.829 bits per heavy atom. The molecular formula is C28H29O5PS. The van der Waals surface area contributed by atoms with E-state index in [0.717, 1.165) is 27.8 Å². The Labute approximate surface area is 207 Å². The van der Waals surface area contributed by atoms with Crippen LogP contribution in [-0.2, 0) is 28.9 Å². The van der Waals surface area contributed by atoms with Crippen LogP contribution in [0.2, 0.25) is 0 Å². The van der Waals surface area contributed by atoms with Gasteiger partial charge < -0.3 is 9.05 Å². The number of aryl methyl sites for hydroxylation is 1. The van der Waals surface area contributed by atoms with Crippen molar-refractivity contribution >= 4 is 17.4 Å². The quantitative estimate of drug-likeness (QED) is 0.332.